The smallest absolute Gasteiger partial charge is 0.329 e. The van der Waals surface area contributed by atoms with Gasteiger partial charge in [0, 0.05) is 12.6 Å². The Balaban J connectivity index is 2.96. The Labute approximate surface area is 87.9 Å². The monoisotopic (exact) mass is 211 g/mol. The number of nitrogen functional groups attached to an aromatic ring is 1. The van der Waals surface area contributed by atoms with Crippen LogP contribution in [0.5, 0.6) is 0 Å². The molecule has 1 aromatic heterocycles. The Kier molecular flexibility index (Phi) is 3.02. The predicted octanol–water partition coefficient (Wildman–Crippen LogP) is 0.555. The molecule has 0 aromatic carbocycles. The lowest BCUT2D eigenvalue weighted by atomic mass is 9.92. The zero-order chi connectivity index (χ0) is 11.6. The summed E-state index contributed by atoms with van der Waals surface area (Å²) in [6.45, 7) is 6.77. The molecular weight excluding hydrogens is 194 g/mol. The van der Waals surface area contributed by atoms with Gasteiger partial charge in [-0.05, 0) is 11.8 Å². The van der Waals surface area contributed by atoms with Crippen LogP contribution in [0.2, 0.25) is 0 Å². The van der Waals surface area contributed by atoms with Crippen molar-refractivity contribution in [3.8, 4) is 0 Å². The molecule has 15 heavy (non-hydrogen) atoms. The maximum Gasteiger partial charge on any atom is 0.329 e. The van der Waals surface area contributed by atoms with E-state index in [-0.39, 0.29) is 11.2 Å². The molecule has 5 heteroatoms. The van der Waals surface area contributed by atoms with Gasteiger partial charge in [0.15, 0.2) is 0 Å². The Hall–Kier alpha value is -1.52. The van der Waals surface area contributed by atoms with Gasteiger partial charge in [0.25, 0.3) is 5.56 Å². The van der Waals surface area contributed by atoms with Crippen molar-refractivity contribution < 1.29 is 0 Å². The molecule has 5 nitrogen and oxygen atoms in total. The number of hydrogen-bond donors (Lipinski definition) is 2. The van der Waals surface area contributed by atoms with Crippen LogP contribution in [-0.4, -0.2) is 9.55 Å². The van der Waals surface area contributed by atoms with E-state index in [1.54, 1.807) is 0 Å². The second-order valence-electron chi connectivity index (χ2n) is 4.83. The van der Waals surface area contributed by atoms with Gasteiger partial charge in [-0.2, -0.15) is 0 Å². The third-order valence-electron chi connectivity index (χ3n) is 2.15. The molecule has 84 valence electrons. The molecule has 0 atom stereocenters. The fourth-order valence-electron chi connectivity index (χ4n) is 1.22. The van der Waals surface area contributed by atoms with Crippen LogP contribution in [0, 0.1) is 5.41 Å². The van der Waals surface area contributed by atoms with Crippen molar-refractivity contribution in [2.24, 2.45) is 5.41 Å². The fraction of sp³-hybridized carbons (Fsp3) is 0.600. The highest BCUT2D eigenvalue weighted by Crippen LogP contribution is 2.19. The molecule has 0 fully saturated rings. The van der Waals surface area contributed by atoms with Crippen molar-refractivity contribution in [3.05, 3.63) is 26.9 Å². The fourth-order valence-corrected chi connectivity index (χ4v) is 1.22. The Morgan fingerprint density at radius 3 is 2.47 bits per heavy atom. The summed E-state index contributed by atoms with van der Waals surface area (Å²) in [6.07, 6.45) is 0.823. The number of aromatic amines is 1. The van der Waals surface area contributed by atoms with Crippen LogP contribution in [-0.2, 0) is 6.54 Å². The SMILES string of the molecule is CC(C)(C)CCn1c(N)cc(=O)[nH]c1=O. The van der Waals surface area contributed by atoms with Crippen molar-refractivity contribution in [2.45, 2.75) is 33.7 Å². The third kappa shape index (κ3) is 3.27. The number of nitrogens with zero attached hydrogens (tertiary/aromatic N) is 1. The zero-order valence-electron chi connectivity index (χ0n) is 9.33. The average molecular weight is 211 g/mol. The number of H-pyrrole nitrogens is 1. The predicted molar refractivity (Wildman–Crippen MR) is 59.8 cm³/mol. The van der Waals surface area contributed by atoms with Crippen molar-refractivity contribution in [2.75, 3.05) is 5.73 Å². The highest BCUT2D eigenvalue weighted by Gasteiger charge is 2.11. The third-order valence-corrected chi connectivity index (χ3v) is 2.15. The van der Waals surface area contributed by atoms with E-state index in [0.717, 1.165) is 6.42 Å². The van der Waals surface area contributed by atoms with Crippen molar-refractivity contribution in [3.63, 3.8) is 0 Å². The van der Waals surface area contributed by atoms with Gasteiger partial charge in [-0.1, -0.05) is 20.8 Å². The highest BCUT2D eigenvalue weighted by atomic mass is 16.2. The molecule has 0 radical (unpaired) electrons. The quantitative estimate of drug-likeness (QED) is 0.749. The minimum absolute atomic E-state index is 0.127. The van der Waals surface area contributed by atoms with Gasteiger partial charge in [0.05, 0.1) is 0 Å². The van der Waals surface area contributed by atoms with E-state index in [1.165, 1.54) is 10.6 Å². The van der Waals surface area contributed by atoms with E-state index in [4.69, 9.17) is 5.73 Å². The second-order valence-corrected chi connectivity index (χ2v) is 4.83. The number of aromatic nitrogens is 2. The molecular formula is C10H17N3O2. The van der Waals surface area contributed by atoms with Gasteiger partial charge in [-0.15, -0.1) is 0 Å². The topological polar surface area (TPSA) is 80.9 Å². The standard InChI is InChI=1S/C10H17N3O2/c1-10(2,3)4-5-13-7(11)6-8(14)12-9(13)15/h6H,4-5,11H2,1-3H3,(H,12,14,15). The molecule has 0 aliphatic rings. The first kappa shape index (κ1) is 11.6. The van der Waals surface area contributed by atoms with E-state index in [2.05, 4.69) is 25.8 Å². The van der Waals surface area contributed by atoms with E-state index in [9.17, 15) is 9.59 Å². The van der Waals surface area contributed by atoms with Gasteiger partial charge in [-0.25, -0.2) is 4.79 Å². The molecule has 0 unspecified atom stereocenters. The lowest BCUT2D eigenvalue weighted by molar-refractivity contribution is 0.347. The van der Waals surface area contributed by atoms with Crippen LogP contribution in [0.4, 0.5) is 5.82 Å². The summed E-state index contributed by atoms with van der Waals surface area (Å²) in [7, 11) is 0. The first-order chi connectivity index (χ1) is 6.79. The van der Waals surface area contributed by atoms with Crippen LogP contribution in [0.1, 0.15) is 27.2 Å². The number of rotatable bonds is 2. The minimum Gasteiger partial charge on any atom is -0.385 e. The maximum atomic E-state index is 11.4. The molecule has 0 bridgehead atoms. The van der Waals surface area contributed by atoms with E-state index in [1.807, 2.05) is 0 Å². The lowest BCUT2D eigenvalue weighted by Gasteiger charge is -2.19. The largest absolute Gasteiger partial charge is 0.385 e. The first-order valence-electron chi connectivity index (χ1n) is 4.89. The summed E-state index contributed by atoms with van der Waals surface area (Å²) in [5.41, 5.74) is 4.83. The number of nitrogens with one attached hydrogen (secondary N) is 1. The van der Waals surface area contributed by atoms with Gasteiger partial charge in [0.1, 0.15) is 5.82 Å². The van der Waals surface area contributed by atoms with Crippen molar-refractivity contribution in [1.82, 2.24) is 9.55 Å². The molecule has 0 amide bonds. The molecule has 1 heterocycles. The summed E-state index contributed by atoms with van der Waals surface area (Å²) in [5.74, 6) is 0.216. The Bertz CT molecular complexity index is 451. The Morgan fingerprint density at radius 2 is 2.00 bits per heavy atom. The van der Waals surface area contributed by atoms with Crippen LogP contribution in [0.15, 0.2) is 15.7 Å². The van der Waals surface area contributed by atoms with E-state index < -0.39 is 11.2 Å². The summed E-state index contributed by atoms with van der Waals surface area (Å²) in [4.78, 5) is 24.5. The summed E-state index contributed by atoms with van der Waals surface area (Å²) in [5, 5.41) is 0. The molecule has 0 saturated heterocycles. The number of hydrogen-bond acceptors (Lipinski definition) is 3. The first-order valence-corrected chi connectivity index (χ1v) is 4.89. The summed E-state index contributed by atoms with van der Waals surface area (Å²) in [6, 6.07) is 1.23. The average Bonchev–Trinajstić information content (AvgIpc) is 1.99. The van der Waals surface area contributed by atoms with Gasteiger partial charge >= 0.3 is 5.69 Å². The summed E-state index contributed by atoms with van der Waals surface area (Å²) < 4.78 is 1.38. The lowest BCUT2D eigenvalue weighted by Crippen LogP contribution is -2.32. The normalized spacial score (nSPS) is 11.7. The Morgan fingerprint density at radius 1 is 1.40 bits per heavy atom. The molecule has 0 aliphatic heterocycles. The van der Waals surface area contributed by atoms with Crippen molar-refractivity contribution >= 4 is 5.82 Å². The van der Waals surface area contributed by atoms with E-state index >= 15 is 0 Å². The van der Waals surface area contributed by atoms with Crippen molar-refractivity contribution in [1.29, 1.82) is 0 Å². The zero-order valence-corrected chi connectivity index (χ0v) is 9.33. The molecule has 3 N–H and O–H groups in total. The highest BCUT2D eigenvalue weighted by molar-refractivity contribution is 5.25. The molecule has 0 aliphatic carbocycles. The van der Waals surface area contributed by atoms with Crippen LogP contribution in [0.3, 0.4) is 0 Å². The molecule has 1 aromatic rings. The van der Waals surface area contributed by atoms with Gasteiger partial charge < -0.3 is 5.73 Å². The number of nitrogens with two attached hydrogens (primary N) is 1. The molecule has 0 saturated carbocycles. The van der Waals surface area contributed by atoms with Crippen LogP contribution >= 0.6 is 0 Å². The van der Waals surface area contributed by atoms with E-state index in [0.29, 0.717) is 6.54 Å². The summed E-state index contributed by atoms with van der Waals surface area (Å²) >= 11 is 0. The molecule has 0 spiro atoms. The maximum absolute atomic E-state index is 11.4. The van der Waals surface area contributed by atoms with Crippen LogP contribution < -0.4 is 17.0 Å². The minimum atomic E-state index is -0.454. The number of anilines is 1. The van der Waals surface area contributed by atoms with Crippen LogP contribution in [0.25, 0.3) is 0 Å². The van der Waals surface area contributed by atoms with Gasteiger partial charge in [-0.3, -0.25) is 14.3 Å². The molecule has 1 rings (SSSR count). The van der Waals surface area contributed by atoms with Gasteiger partial charge in [0.2, 0.25) is 0 Å². The second kappa shape index (κ2) is 3.92.